The Hall–Kier alpha value is -2.09. The number of benzene rings is 1. The molecular formula is C16H23N5O2S. The van der Waals surface area contributed by atoms with Crippen LogP contribution in [0.25, 0.3) is 11.0 Å². The molecule has 130 valence electrons. The van der Waals surface area contributed by atoms with Crippen molar-refractivity contribution >= 4 is 26.8 Å². The lowest BCUT2D eigenvalue weighted by molar-refractivity contribution is 0.598. The number of nitrogens with one attached hydrogen (secondary N) is 2. The van der Waals surface area contributed by atoms with Gasteiger partial charge in [-0.15, -0.1) is 0 Å². The number of hydrogen-bond acceptors (Lipinski definition) is 4. The number of guanidine groups is 1. The maximum atomic E-state index is 11.5. The first-order valence-corrected chi connectivity index (χ1v) is 9.97. The van der Waals surface area contributed by atoms with Gasteiger partial charge in [-0.05, 0) is 25.0 Å². The summed E-state index contributed by atoms with van der Waals surface area (Å²) < 4.78 is 25.1. The number of fused-ring (bicyclic) bond motifs is 1. The van der Waals surface area contributed by atoms with Gasteiger partial charge in [0.05, 0.1) is 28.9 Å². The summed E-state index contributed by atoms with van der Waals surface area (Å²) in [5, 5.41) is 6.43. The van der Waals surface area contributed by atoms with E-state index in [4.69, 9.17) is 0 Å². The number of aromatic nitrogens is 2. The highest BCUT2D eigenvalue weighted by molar-refractivity contribution is 7.91. The normalized spacial score (nSPS) is 20.4. The van der Waals surface area contributed by atoms with Gasteiger partial charge in [0.2, 0.25) is 0 Å². The van der Waals surface area contributed by atoms with Crippen LogP contribution in [0, 0.1) is 0 Å². The standard InChI is InChI=1S/C16H23N5O2S/c1-17-16(20-13-7-10-24(22,23)11-13)18-8-4-9-21-12-19-14-5-2-3-6-15(14)21/h2-3,5-6,12-13H,4,7-11H2,1H3,(H2,17,18,20). The van der Waals surface area contributed by atoms with Gasteiger partial charge < -0.3 is 15.2 Å². The number of imidazole rings is 1. The first-order chi connectivity index (χ1) is 11.6. The van der Waals surface area contributed by atoms with Gasteiger partial charge in [0.1, 0.15) is 0 Å². The fourth-order valence-corrected chi connectivity index (χ4v) is 4.61. The van der Waals surface area contributed by atoms with E-state index in [2.05, 4.69) is 31.2 Å². The molecule has 0 amide bonds. The molecule has 1 aromatic heterocycles. The number of para-hydroxylation sites is 2. The first-order valence-electron chi connectivity index (χ1n) is 8.15. The van der Waals surface area contributed by atoms with Crippen molar-refractivity contribution in [2.45, 2.75) is 25.4 Å². The van der Waals surface area contributed by atoms with Crippen molar-refractivity contribution in [2.75, 3.05) is 25.1 Å². The van der Waals surface area contributed by atoms with E-state index in [0.29, 0.717) is 12.4 Å². The number of aryl methyl sites for hydroxylation is 1. The summed E-state index contributed by atoms with van der Waals surface area (Å²) in [5.41, 5.74) is 2.14. The van der Waals surface area contributed by atoms with Crippen molar-refractivity contribution in [1.29, 1.82) is 0 Å². The highest BCUT2D eigenvalue weighted by Crippen LogP contribution is 2.12. The van der Waals surface area contributed by atoms with E-state index in [-0.39, 0.29) is 17.5 Å². The van der Waals surface area contributed by atoms with Crippen LogP contribution in [-0.2, 0) is 16.4 Å². The maximum Gasteiger partial charge on any atom is 0.191 e. The number of sulfone groups is 1. The van der Waals surface area contributed by atoms with Crippen molar-refractivity contribution in [1.82, 2.24) is 20.2 Å². The predicted octanol–water partition coefficient (Wildman–Crippen LogP) is 0.778. The van der Waals surface area contributed by atoms with E-state index >= 15 is 0 Å². The van der Waals surface area contributed by atoms with Gasteiger partial charge in [0.25, 0.3) is 0 Å². The molecule has 24 heavy (non-hydrogen) atoms. The molecule has 2 heterocycles. The fraction of sp³-hybridized carbons (Fsp3) is 0.500. The van der Waals surface area contributed by atoms with Gasteiger partial charge in [-0.25, -0.2) is 13.4 Å². The molecule has 1 aliphatic rings. The molecule has 0 bridgehead atoms. The Kier molecular flexibility index (Phi) is 5.03. The predicted molar refractivity (Wildman–Crippen MR) is 95.9 cm³/mol. The summed E-state index contributed by atoms with van der Waals surface area (Å²) in [6, 6.07) is 8.03. The Balaban J connectivity index is 1.45. The monoisotopic (exact) mass is 349 g/mol. The summed E-state index contributed by atoms with van der Waals surface area (Å²) >= 11 is 0. The molecule has 8 heteroatoms. The number of hydrogen-bond donors (Lipinski definition) is 2. The highest BCUT2D eigenvalue weighted by Gasteiger charge is 2.28. The van der Waals surface area contributed by atoms with Crippen LogP contribution in [0.3, 0.4) is 0 Å². The van der Waals surface area contributed by atoms with Crippen molar-refractivity contribution < 1.29 is 8.42 Å². The number of aliphatic imine (C=N–C) groups is 1. The second kappa shape index (κ2) is 7.21. The third-order valence-corrected chi connectivity index (χ3v) is 5.96. The van der Waals surface area contributed by atoms with Gasteiger partial charge in [-0.2, -0.15) is 0 Å². The third-order valence-electron chi connectivity index (χ3n) is 4.19. The zero-order valence-electron chi connectivity index (χ0n) is 13.8. The average molecular weight is 349 g/mol. The Bertz CT molecular complexity index is 828. The molecule has 3 rings (SSSR count). The lowest BCUT2D eigenvalue weighted by Gasteiger charge is -2.16. The topological polar surface area (TPSA) is 88.4 Å². The van der Waals surface area contributed by atoms with Crippen molar-refractivity contribution in [3.8, 4) is 0 Å². The van der Waals surface area contributed by atoms with Crippen LogP contribution in [0.2, 0.25) is 0 Å². The summed E-state index contributed by atoms with van der Waals surface area (Å²) in [4.78, 5) is 8.54. The van der Waals surface area contributed by atoms with E-state index < -0.39 is 9.84 Å². The van der Waals surface area contributed by atoms with Crippen molar-refractivity contribution in [3.63, 3.8) is 0 Å². The minimum absolute atomic E-state index is 0.0428. The van der Waals surface area contributed by atoms with E-state index in [0.717, 1.165) is 30.5 Å². The van der Waals surface area contributed by atoms with Crippen molar-refractivity contribution in [2.24, 2.45) is 4.99 Å². The Morgan fingerprint density at radius 3 is 3.00 bits per heavy atom. The molecule has 0 saturated carbocycles. The third kappa shape index (κ3) is 4.05. The molecule has 1 aliphatic heterocycles. The quantitative estimate of drug-likeness (QED) is 0.473. The van der Waals surface area contributed by atoms with Gasteiger partial charge in [0.15, 0.2) is 15.8 Å². The summed E-state index contributed by atoms with van der Waals surface area (Å²) in [7, 11) is -1.18. The second-order valence-electron chi connectivity index (χ2n) is 6.02. The molecule has 2 aromatic rings. The lowest BCUT2D eigenvalue weighted by atomic mass is 10.3. The second-order valence-corrected chi connectivity index (χ2v) is 8.25. The first kappa shape index (κ1) is 16.8. The Morgan fingerprint density at radius 1 is 1.42 bits per heavy atom. The van der Waals surface area contributed by atoms with Gasteiger partial charge in [-0.1, -0.05) is 12.1 Å². The van der Waals surface area contributed by atoms with Crippen LogP contribution >= 0.6 is 0 Å². The van der Waals surface area contributed by atoms with Crippen LogP contribution in [0.15, 0.2) is 35.6 Å². The minimum atomic E-state index is -2.88. The van der Waals surface area contributed by atoms with E-state index in [9.17, 15) is 8.42 Å². The van der Waals surface area contributed by atoms with Crippen LogP contribution < -0.4 is 10.6 Å². The molecule has 1 fully saturated rings. The minimum Gasteiger partial charge on any atom is -0.356 e. The van der Waals surface area contributed by atoms with E-state index in [1.165, 1.54) is 0 Å². The lowest BCUT2D eigenvalue weighted by Crippen LogP contribution is -2.44. The molecule has 2 N–H and O–H groups in total. The highest BCUT2D eigenvalue weighted by atomic mass is 32.2. The van der Waals surface area contributed by atoms with Crippen LogP contribution in [0.4, 0.5) is 0 Å². The SMILES string of the molecule is CN=C(NCCCn1cnc2ccccc21)NC1CCS(=O)(=O)C1. The zero-order chi connectivity index (χ0) is 17.0. The molecule has 1 saturated heterocycles. The largest absolute Gasteiger partial charge is 0.356 e. The molecular weight excluding hydrogens is 326 g/mol. The van der Waals surface area contributed by atoms with E-state index in [1.807, 2.05) is 24.5 Å². The Labute approximate surface area is 142 Å². The summed E-state index contributed by atoms with van der Waals surface area (Å²) in [5.74, 6) is 1.11. The molecule has 1 atom stereocenters. The zero-order valence-corrected chi connectivity index (χ0v) is 14.6. The van der Waals surface area contributed by atoms with Gasteiger partial charge in [0, 0.05) is 26.2 Å². The molecule has 0 spiro atoms. The molecule has 1 unspecified atom stereocenters. The molecule has 7 nitrogen and oxygen atoms in total. The van der Waals surface area contributed by atoms with Gasteiger partial charge in [-0.3, -0.25) is 4.99 Å². The van der Waals surface area contributed by atoms with Crippen LogP contribution in [0.5, 0.6) is 0 Å². The van der Waals surface area contributed by atoms with Gasteiger partial charge >= 0.3 is 0 Å². The molecule has 0 radical (unpaired) electrons. The molecule has 1 aromatic carbocycles. The maximum absolute atomic E-state index is 11.5. The van der Waals surface area contributed by atoms with Crippen LogP contribution in [-0.4, -0.2) is 55.1 Å². The van der Waals surface area contributed by atoms with Crippen LogP contribution in [0.1, 0.15) is 12.8 Å². The Morgan fingerprint density at radius 2 is 2.25 bits per heavy atom. The molecule has 0 aliphatic carbocycles. The summed E-state index contributed by atoms with van der Waals surface area (Å²) in [6.07, 6.45) is 3.43. The van der Waals surface area contributed by atoms with Crippen molar-refractivity contribution in [3.05, 3.63) is 30.6 Å². The smallest absolute Gasteiger partial charge is 0.191 e. The average Bonchev–Trinajstić information content (AvgIpc) is 3.13. The number of rotatable bonds is 5. The fourth-order valence-electron chi connectivity index (χ4n) is 2.94. The van der Waals surface area contributed by atoms with E-state index in [1.54, 1.807) is 7.05 Å². The summed E-state index contributed by atoms with van der Waals surface area (Å²) in [6.45, 7) is 1.62. The number of nitrogens with zero attached hydrogens (tertiary/aromatic N) is 3.